The summed E-state index contributed by atoms with van der Waals surface area (Å²) in [6.07, 6.45) is 4.72. The van der Waals surface area contributed by atoms with E-state index in [1.165, 1.54) is 6.42 Å². The smallest absolute Gasteiger partial charge is 0.243 e. The van der Waals surface area contributed by atoms with E-state index in [2.05, 4.69) is 15.2 Å². The molecule has 0 amide bonds. The first kappa shape index (κ1) is 14.7. The molecule has 1 atom stereocenters. The Balaban J connectivity index is 1.86. The fourth-order valence-corrected chi connectivity index (χ4v) is 4.78. The Labute approximate surface area is 126 Å². The van der Waals surface area contributed by atoms with E-state index in [1.54, 1.807) is 29.7 Å². The highest BCUT2D eigenvalue weighted by Gasteiger charge is 2.34. The number of fused-ring (bicyclic) bond motifs is 1. The number of sulfonamides is 1. The zero-order valence-electron chi connectivity index (χ0n) is 12.3. The van der Waals surface area contributed by atoms with Gasteiger partial charge in [0.05, 0.1) is 4.90 Å². The van der Waals surface area contributed by atoms with E-state index in [4.69, 9.17) is 0 Å². The summed E-state index contributed by atoms with van der Waals surface area (Å²) < 4.78 is 27.3. The van der Waals surface area contributed by atoms with Crippen LogP contribution in [0.1, 0.15) is 19.3 Å². The Morgan fingerprint density at radius 2 is 2.10 bits per heavy atom. The highest BCUT2D eigenvalue weighted by Crippen LogP contribution is 2.25. The number of nitrogens with zero attached hydrogens (tertiary/aromatic N) is 3. The minimum Gasteiger partial charge on any atom is -0.373 e. The number of hydrogen-bond donors (Lipinski definition) is 1. The first-order valence-corrected chi connectivity index (χ1v) is 8.93. The lowest BCUT2D eigenvalue weighted by Gasteiger charge is -2.25. The van der Waals surface area contributed by atoms with Crippen molar-refractivity contribution in [1.82, 2.24) is 14.2 Å². The van der Waals surface area contributed by atoms with Crippen molar-refractivity contribution in [2.45, 2.75) is 30.2 Å². The minimum atomic E-state index is -3.43. The highest BCUT2D eigenvalue weighted by atomic mass is 32.2. The van der Waals surface area contributed by atoms with Crippen molar-refractivity contribution in [3.05, 3.63) is 18.3 Å². The second-order valence-electron chi connectivity index (χ2n) is 5.68. The van der Waals surface area contributed by atoms with E-state index in [1.807, 2.05) is 0 Å². The monoisotopic (exact) mass is 310 g/mol. The zero-order chi connectivity index (χ0) is 14.9. The maximum atomic E-state index is 12.8. The summed E-state index contributed by atoms with van der Waals surface area (Å²) in [5.41, 5.74) is 0. The van der Waals surface area contributed by atoms with Crippen LogP contribution >= 0.6 is 0 Å². The summed E-state index contributed by atoms with van der Waals surface area (Å²) in [5.74, 6) is 0.577. The second-order valence-corrected chi connectivity index (χ2v) is 7.61. The van der Waals surface area contributed by atoms with Crippen molar-refractivity contribution in [3.63, 3.8) is 0 Å². The Bertz CT molecular complexity index is 605. The van der Waals surface area contributed by atoms with Gasteiger partial charge in [0.1, 0.15) is 5.82 Å². The Kier molecular flexibility index (Phi) is 4.14. The Morgan fingerprint density at radius 3 is 2.90 bits per heavy atom. The minimum absolute atomic E-state index is 0.327. The number of aromatic nitrogens is 1. The average Bonchev–Trinajstić information content (AvgIpc) is 2.84. The van der Waals surface area contributed by atoms with Crippen molar-refractivity contribution < 1.29 is 8.42 Å². The molecule has 3 rings (SSSR count). The summed E-state index contributed by atoms with van der Waals surface area (Å²) in [4.78, 5) is 6.84. The van der Waals surface area contributed by atoms with Crippen LogP contribution in [0.5, 0.6) is 0 Å². The molecule has 0 saturated carbocycles. The van der Waals surface area contributed by atoms with Crippen LogP contribution in [-0.4, -0.2) is 61.9 Å². The first-order chi connectivity index (χ1) is 10.1. The van der Waals surface area contributed by atoms with Crippen molar-refractivity contribution in [2.24, 2.45) is 0 Å². The molecule has 1 unspecified atom stereocenters. The molecule has 1 N–H and O–H groups in total. The van der Waals surface area contributed by atoms with Crippen LogP contribution in [0.2, 0.25) is 0 Å². The van der Waals surface area contributed by atoms with E-state index in [0.717, 1.165) is 25.9 Å². The van der Waals surface area contributed by atoms with Crippen LogP contribution in [-0.2, 0) is 10.0 Å². The van der Waals surface area contributed by atoms with Gasteiger partial charge in [-0.2, -0.15) is 4.31 Å². The standard InChI is InChI=1S/C14H22N4O2S/c1-15-14-10-13(5-6-16-14)21(19,20)18-9-3-8-17-7-2-4-12(17)11-18/h5-6,10,12H,2-4,7-9,11H2,1H3,(H,15,16). The summed E-state index contributed by atoms with van der Waals surface area (Å²) in [6, 6.07) is 3.56. The second kappa shape index (κ2) is 5.90. The van der Waals surface area contributed by atoms with Crippen molar-refractivity contribution in [1.29, 1.82) is 0 Å². The number of hydrogen-bond acceptors (Lipinski definition) is 5. The highest BCUT2D eigenvalue weighted by molar-refractivity contribution is 7.89. The van der Waals surface area contributed by atoms with Crippen LogP contribution in [0, 0.1) is 0 Å². The van der Waals surface area contributed by atoms with Crippen LogP contribution in [0.4, 0.5) is 5.82 Å². The third-order valence-electron chi connectivity index (χ3n) is 4.39. The SMILES string of the molecule is CNc1cc(S(=O)(=O)N2CCCN3CCCC3C2)ccn1. The van der Waals surface area contributed by atoms with Crippen molar-refractivity contribution in [2.75, 3.05) is 38.5 Å². The first-order valence-electron chi connectivity index (χ1n) is 7.49. The largest absolute Gasteiger partial charge is 0.373 e. The Morgan fingerprint density at radius 1 is 1.29 bits per heavy atom. The molecule has 6 nitrogen and oxygen atoms in total. The van der Waals surface area contributed by atoms with Gasteiger partial charge in [0.15, 0.2) is 0 Å². The molecule has 2 saturated heterocycles. The molecule has 2 aliphatic heterocycles. The molecule has 2 fully saturated rings. The number of pyridine rings is 1. The summed E-state index contributed by atoms with van der Waals surface area (Å²) >= 11 is 0. The van der Waals surface area contributed by atoms with Crippen LogP contribution in [0.25, 0.3) is 0 Å². The molecule has 0 spiro atoms. The van der Waals surface area contributed by atoms with Gasteiger partial charge in [-0.3, -0.25) is 4.90 Å². The lowest BCUT2D eigenvalue weighted by molar-refractivity contribution is 0.257. The van der Waals surface area contributed by atoms with E-state index in [0.29, 0.717) is 29.8 Å². The van der Waals surface area contributed by atoms with Gasteiger partial charge in [0, 0.05) is 38.4 Å². The topological polar surface area (TPSA) is 65.5 Å². The van der Waals surface area contributed by atoms with Crippen LogP contribution in [0.3, 0.4) is 0 Å². The van der Waals surface area contributed by atoms with E-state index < -0.39 is 10.0 Å². The van der Waals surface area contributed by atoms with Gasteiger partial charge in [-0.05, 0) is 38.4 Å². The molecular weight excluding hydrogens is 288 g/mol. The van der Waals surface area contributed by atoms with E-state index in [9.17, 15) is 8.42 Å². The molecule has 1 aromatic rings. The van der Waals surface area contributed by atoms with Crippen molar-refractivity contribution in [3.8, 4) is 0 Å². The maximum absolute atomic E-state index is 12.8. The van der Waals surface area contributed by atoms with Gasteiger partial charge in [0.2, 0.25) is 10.0 Å². The summed E-state index contributed by atoms with van der Waals surface area (Å²) in [6.45, 7) is 3.33. The third kappa shape index (κ3) is 2.90. The lowest BCUT2D eigenvalue weighted by atomic mass is 10.2. The van der Waals surface area contributed by atoms with E-state index in [-0.39, 0.29) is 0 Å². The molecule has 0 aromatic carbocycles. The third-order valence-corrected chi connectivity index (χ3v) is 6.25. The maximum Gasteiger partial charge on any atom is 0.243 e. The molecule has 1 aromatic heterocycles. The Hall–Kier alpha value is -1.18. The van der Waals surface area contributed by atoms with Gasteiger partial charge in [-0.1, -0.05) is 0 Å². The van der Waals surface area contributed by atoms with E-state index >= 15 is 0 Å². The molecule has 116 valence electrons. The molecule has 2 aliphatic rings. The average molecular weight is 310 g/mol. The van der Waals surface area contributed by atoms with Crippen LogP contribution in [0.15, 0.2) is 23.2 Å². The fraction of sp³-hybridized carbons (Fsp3) is 0.643. The molecule has 3 heterocycles. The molecular formula is C14H22N4O2S. The predicted molar refractivity (Wildman–Crippen MR) is 81.8 cm³/mol. The van der Waals surface area contributed by atoms with Gasteiger partial charge >= 0.3 is 0 Å². The molecule has 0 radical (unpaired) electrons. The normalized spacial score (nSPS) is 24.5. The van der Waals surface area contributed by atoms with Gasteiger partial charge in [-0.25, -0.2) is 13.4 Å². The molecule has 7 heteroatoms. The van der Waals surface area contributed by atoms with Crippen molar-refractivity contribution >= 4 is 15.8 Å². The predicted octanol–water partition coefficient (Wildman–Crippen LogP) is 0.982. The number of anilines is 1. The number of rotatable bonds is 3. The molecule has 21 heavy (non-hydrogen) atoms. The van der Waals surface area contributed by atoms with Crippen LogP contribution < -0.4 is 5.32 Å². The summed E-state index contributed by atoms with van der Waals surface area (Å²) in [7, 11) is -1.69. The van der Waals surface area contributed by atoms with Gasteiger partial charge in [0.25, 0.3) is 0 Å². The summed E-state index contributed by atoms with van der Waals surface area (Å²) in [5, 5.41) is 2.89. The number of nitrogens with one attached hydrogen (secondary N) is 1. The zero-order valence-corrected chi connectivity index (χ0v) is 13.1. The molecule has 0 bridgehead atoms. The lowest BCUT2D eigenvalue weighted by Crippen LogP contribution is -2.39. The van der Waals surface area contributed by atoms with Gasteiger partial charge < -0.3 is 5.32 Å². The quantitative estimate of drug-likeness (QED) is 0.901. The molecule has 0 aliphatic carbocycles. The van der Waals surface area contributed by atoms with Gasteiger partial charge in [-0.15, -0.1) is 0 Å². The fourth-order valence-electron chi connectivity index (χ4n) is 3.25.